The van der Waals surface area contributed by atoms with Crippen molar-refractivity contribution in [1.82, 2.24) is 20.8 Å². The van der Waals surface area contributed by atoms with Crippen molar-refractivity contribution in [3.63, 3.8) is 0 Å². The largest absolute Gasteiger partial charge is 0.368 e. The first-order valence-corrected chi connectivity index (χ1v) is 6.12. The molecule has 7 nitrogen and oxygen atoms in total. The summed E-state index contributed by atoms with van der Waals surface area (Å²) in [7, 11) is 0. The Morgan fingerprint density at radius 1 is 1.56 bits per heavy atom. The van der Waals surface area contributed by atoms with Gasteiger partial charge in [0.25, 0.3) is 0 Å². The molecule has 0 bridgehead atoms. The Morgan fingerprint density at radius 2 is 2.33 bits per heavy atom. The highest BCUT2D eigenvalue weighted by molar-refractivity contribution is 5.77. The van der Waals surface area contributed by atoms with Crippen LogP contribution in [0, 0.1) is 6.92 Å². The van der Waals surface area contributed by atoms with E-state index < -0.39 is 0 Å². The minimum atomic E-state index is -0.156. The molecule has 2 heterocycles. The quantitative estimate of drug-likeness (QED) is 0.754. The van der Waals surface area contributed by atoms with Gasteiger partial charge >= 0.3 is 0 Å². The lowest BCUT2D eigenvalue weighted by molar-refractivity contribution is -0.128. The molecule has 1 aliphatic rings. The number of nitrogens with zero attached hydrogens (tertiary/aromatic N) is 2. The molecule has 18 heavy (non-hydrogen) atoms. The molecule has 1 saturated heterocycles. The number of ether oxygens (including phenoxy) is 1. The predicted molar refractivity (Wildman–Crippen MR) is 62.7 cm³/mol. The topological polar surface area (TPSA) is 89.3 Å². The fourth-order valence-corrected chi connectivity index (χ4v) is 1.80. The average molecular weight is 254 g/mol. The Balaban J connectivity index is 1.62. The molecule has 2 N–H and O–H groups in total. The predicted octanol–water partition coefficient (Wildman–Crippen LogP) is -0.237. The van der Waals surface area contributed by atoms with E-state index >= 15 is 0 Å². The van der Waals surface area contributed by atoms with E-state index in [9.17, 15) is 4.79 Å². The number of piperidine rings is 1. The lowest BCUT2D eigenvalue weighted by Gasteiger charge is -2.22. The molecule has 1 amide bonds. The van der Waals surface area contributed by atoms with Crippen LogP contribution in [0.1, 0.15) is 24.6 Å². The van der Waals surface area contributed by atoms with Crippen molar-refractivity contribution >= 4 is 5.91 Å². The second kappa shape index (κ2) is 6.46. The lowest BCUT2D eigenvalue weighted by atomic mass is 10.1. The van der Waals surface area contributed by atoms with Gasteiger partial charge in [-0.2, -0.15) is 4.98 Å². The Bertz CT molecular complexity index is 387. The number of aromatic nitrogens is 2. The lowest BCUT2D eigenvalue weighted by Crippen LogP contribution is -2.35. The molecule has 1 aliphatic heterocycles. The monoisotopic (exact) mass is 254 g/mol. The normalized spacial score (nSPS) is 16.7. The summed E-state index contributed by atoms with van der Waals surface area (Å²) >= 11 is 0. The van der Waals surface area contributed by atoms with Crippen LogP contribution in [-0.4, -0.2) is 41.8 Å². The number of aryl methyl sites for hydroxylation is 1. The van der Waals surface area contributed by atoms with Gasteiger partial charge in [0.15, 0.2) is 5.82 Å². The Kier molecular flexibility index (Phi) is 4.66. The highest BCUT2D eigenvalue weighted by Gasteiger charge is 2.14. The molecule has 1 fully saturated rings. The molecule has 2 rings (SSSR count). The molecule has 7 heteroatoms. The summed E-state index contributed by atoms with van der Waals surface area (Å²) in [5, 5.41) is 9.62. The zero-order valence-corrected chi connectivity index (χ0v) is 10.4. The molecule has 0 spiro atoms. The fourth-order valence-electron chi connectivity index (χ4n) is 1.80. The second-order valence-electron chi connectivity index (χ2n) is 4.27. The molecular formula is C11H18N4O3. The van der Waals surface area contributed by atoms with Gasteiger partial charge in [-0.05, 0) is 25.9 Å². The van der Waals surface area contributed by atoms with Crippen LogP contribution < -0.4 is 10.6 Å². The van der Waals surface area contributed by atoms with Gasteiger partial charge in [-0.25, -0.2) is 0 Å². The molecule has 0 radical (unpaired) electrons. The number of amides is 1. The van der Waals surface area contributed by atoms with Gasteiger partial charge in [-0.3, -0.25) is 4.79 Å². The zero-order chi connectivity index (χ0) is 12.8. The van der Waals surface area contributed by atoms with Gasteiger partial charge in [0.05, 0.1) is 12.6 Å². The van der Waals surface area contributed by atoms with E-state index in [0.29, 0.717) is 11.7 Å². The number of hydrogen-bond donors (Lipinski definition) is 2. The van der Waals surface area contributed by atoms with Crippen molar-refractivity contribution in [2.24, 2.45) is 0 Å². The average Bonchev–Trinajstić information content (AvgIpc) is 2.81. The van der Waals surface area contributed by atoms with Crippen LogP contribution in [0.25, 0.3) is 0 Å². The van der Waals surface area contributed by atoms with Crippen LogP contribution in [0.15, 0.2) is 4.52 Å². The number of carbonyl (C=O) groups is 1. The van der Waals surface area contributed by atoms with Crippen LogP contribution in [0.5, 0.6) is 0 Å². The summed E-state index contributed by atoms with van der Waals surface area (Å²) in [6.45, 7) is 3.97. The van der Waals surface area contributed by atoms with E-state index in [1.807, 2.05) is 0 Å². The minimum Gasteiger partial charge on any atom is -0.368 e. The maximum Gasteiger partial charge on any atom is 0.246 e. The van der Waals surface area contributed by atoms with Crippen molar-refractivity contribution in [3.05, 3.63) is 11.7 Å². The van der Waals surface area contributed by atoms with Gasteiger partial charge in [-0.15, -0.1) is 0 Å². The third-order valence-corrected chi connectivity index (χ3v) is 2.75. The van der Waals surface area contributed by atoms with Crippen LogP contribution >= 0.6 is 0 Å². The SMILES string of the molecule is Cc1nc(CNC(=O)COC2CCNCC2)no1. The Labute approximate surface area is 105 Å². The van der Waals surface area contributed by atoms with Gasteiger partial charge in [0.1, 0.15) is 6.61 Å². The van der Waals surface area contributed by atoms with E-state index in [0.717, 1.165) is 25.9 Å². The van der Waals surface area contributed by atoms with E-state index in [-0.39, 0.29) is 25.2 Å². The number of hydrogen-bond acceptors (Lipinski definition) is 6. The third kappa shape index (κ3) is 4.08. The van der Waals surface area contributed by atoms with E-state index in [1.54, 1.807) is 6.92 Å². The van der Waals surface area contributed by atoms with Gasteiger partial charge in [0, 0.05) is 6.92 Å². The summed E-state index contributed by atoms with van der Waals surface area (Å²) in [4.78, 5) is 15.5. The Morgan fingerprint density at radius 3 is 3.00 bits per heavy atom. The Hall–Kier alpha value is -1.47. The standard InChI is InChI=1S/C11H18N4O3/c1-8-14-10(15-18-8)6-13-11(16)7-17-9-2-4-12-5-3-9/h9,12H,2-7H2,1H3,(H,13,16). The number of carbonyl (C=O) groups excluding carboxylic acids is 1. The number of rotatable bonds is 5. The van der Waals surface area contributed by atoms with Crippen molar-refractivity contribution in [3.8, 4) is 0 Å². The first-order valence-electron chi connectivity index (χ1n) is 6.12. The summed E-state index contributed by atoms with van der Waals surface area (Å²) < 4.78 is 10.3. The molecule has 1 aromatic rings. The molecule has 100 valence electrons. The molecule has 0 atom stereocenters. The van der Waals surface area contributed by atoms with Gasteiger partial charge in [0.2, 0.25) is 11.8 Å². The van der Waals surface area contributed by atoms with E-state index in [2.05, 4.69) is 20.8 Å². The maximum absolute atomic E-state index is 11.5. The summed E-state index contributed by atoms with van der Waals surface area (Å²) in [6, 6.07) is 0. The zero-order valence-electron chi connectivity index (χ0n) is 10.4. The first kappa shape index (κ1) is 13.0. The van der Waals surface area contributed by atoms with Gasteiger partial charge < -0.3 is 19.9 Å². The highest BCUT2D eigenvalue weighted by atomic mass is 16.5. The van der Waals surface area contributed by atoms with E-state index in [4.69, 9.17) is 9.26 Å². The minimum absolute atomic E-state index is 0.0848. The third-order valence-electron chi connectivity index (χ3n) is 2.75. The molecule has 1 aromatic heterocycles. The van der Waals surface area contributed by atoms with Crippen LogP contribution in [0.2, 0.25) is 0 Å². The van der Waals surface area contributed by atoms with Crippen LogP contribution in [0.4, 0.5) is 0 Å². The summed E-state index contributed by atoms with van der Waals surface area (Å²) in [5.41, 5.74) is 0. The number of nitrogens with one attached hydrogen (secondary N) is 2. The summed E-state index contributed by atoms with van der Waals surface area (Å²) in [5.74, 6) is 0.809. The summed E-state index contributed by atoms with van der Waals surface area (Å²) in [6.07, 6.45) is 2.10. The van der Waals surface area contributed by atoms with Crippen molar-refractivity contribution in [2.75, 3.05) is 19.7 Å². The molecule has 0 aliphatic carbocycles. The molecular weight excluding hydrogens is 236 g/mol. The van der Waals surface area contributed by atoms with Crippen molar-refractivity contribution < 1.29 is 14.1 Å². The molecule has 0 saturated carbocycles. The molecule has 0 unspecified atom stereocenters. The van der Waals surface area contributed by atoms with Crippen molar-refractivity contribution in [1.29, 1.82) is 0 Å². The van der Waals surface area contributed by atoms with Gasteiger partial charge in [-0.1, -0.05) is 5.16 Å². The van der Waals surface area contributed by atoms with Crippen LogP contribution in [-0.2, 0) is 16.1 Å². The van der Waals surface area contributed by atoms with Crippen molar-refractivity contribution in [2.45, 2.75) is 32.4 Å². The van der Waals surface area contributed by atoms with E-state index in [1.165, 1.54) is 0 Å². The fraction of sp³-hybridized carbons (Fsp3) is 0.727. The molecule has 0 aromatic carbocycles. The van der Waals surface area contributed by atoms with Crippen LogP contribution in [0.3, 0.4) is 0 Å². The smallest absolute Gasteiger partial charge is 0.246 e. The maximum atomic E-state index is 11.5. The second-order valence-corrected chi connectivity index (χ2v) is 4.27. The highest BCUT2D eigenvalue weighted by Crippen LogP contribution is 2.06. The first-order chi connectivity index (χ1) is 8.74.